The van der Waals surface area contributed by atoms with Gasteiger partial charge in [-0.1, -0.05) is 0 Å². The van der Waals surface area contributed by atoms with Gasteiger partial charge in [0.25, 0.3) is 0 Å². The Bertz CT molecular complexity index is 934. The van der Waals surface area contributed by atoms with Crippen LogP contribution < -0.4 is 9.64 Å². The van der Waals surface area contributed by atoms with E-state index in [1.807, 2.05) is 37.9 Å². The molecule has 1 aromatic carbocycles. The van der Waals surface area contributed by atoms with Crippen LogP contribution in [0.5, 0.6) is 6.01 Å². The van der Waals surface area contributed by atoms with Crippen LogP contribution in [0.2, 0.25) is 0 Å². The smallest absolute Gasteiger partial charge is 0.410 e. The molecule has 7 nitrogen and oxygen atoms in total. The molecule has 0 unspecified atom stereocenters. The molecule has 2 aliphatic rings. The zero-order valence-electron chi connectivity index (χ0n) is 18.0. The Balaban J connectivity index is 1.50. The number of aromatic nitrogens is 2. The molecular weight excluding hydrogens is 448 g/mol. The highest BCUT2D eigenvalue weighted by Gasteiger charge is 2.40. The number of ether oxygens (including phenoxy) is 2. The zero-order valence-corrected chi connectivity index (χ0v) is 19.6. The Labute approximate surface area is 185 Å². The first-order valence-corrected chi connectivity index (χ1v) is 11.3. The zero-order chi connectivity index (χ0) is 21.5. The lowest BCUT2D eigenvalue weighted by molar-refractivity contribution is 0.0114. The van der Waals surface area contributed by atoms with Crippen LogP contribution in [0.4, 0.5) is 10.5 Å². The molecule has 4 rings (SSSR count). The summed E-state index contributed by atoms with van der Waals surface area (Å²) in [6.45, 7) is 7.52. The molecule has 1 aliphatic heterocycles. The number of piperidine rings is 1. The molecule has 2 aromatic rings. The summed E-state index contributed by atoms with van der Waals surface area (Å²) in [7, 11) is 1.57. The fourth-order valence-corrected chi connectivity index (χ4v) is 4.51. The fourth-order valence-electron chi connectivity index (χ4n) is 4.08. The van der Waals surface area contributed by atoms with Gasteiger partial charge in [0.05, 0.1) is 12.6 Å². The number of anilines is 1. The summed E-state index contributed by atoms with van der Waals surface area (Å²) < 4.78 is 11.8. The summed E-state index contributed by atoms with van der Waals surface area (Å²) in [4.78, 5) is 26.0. The Hall–Kier alpha value is -2.09. The first-order valence-electron chi connectivity index (χ1n) is 10.5. The van der Waals surface area contributed by atoms with Crippen LogP contribution in [0.1, 0.15) is 46.5 Å². The van der Waals surface area contributed by atoms with Crippen LogP contribution in [0.15, 0.2) is 22.8 Å². The van der Waals surface area contributed by atoms with E-state index in [9.17, 15) is 4.79 Å². The van der Waals surface area contributed by atoms with Crippen molar-refractivity contribution < 1.29 is 14.3 Å². The number of methoxy groups -OCH3 is 1. The number of hydrogen-bond acceptors (Lipinski definition) is 6. The number of fused-ring (bicyclic) bond motifs is 1. The van der Waals surface area contributed by atoms with E-state index in [4.69, 9.17) is 9.47 Å². The van der Waals surface area contributed by atoms with Crippen LogP contribution in [-0.4, -0.2) is 58.8 Å². The van der Waals surface area contributed by atoms with E-state index in [0.717, 1.165) is 59.8 Å². The molecule has 1 saturated carbocycles. The molecule has 0 spiro atoms. The van der Waals surface area contributed by atoms with Crippen LogP contribution in [0, 0.1) is 0 Å². The lowest BCUT2D eigenvalue weighted by Crippen LogP contribution is -2.50. The first kappa shape index (κ1) is 21.2. The fraction of sp³-hybridized carbons (Fsp3) is 0.591. The molecule has 1 aliphatic carbocycles. The predicted molar refractivity (Wildman–Crippen MR) is 120 cm³/mol. The van der Waals surface area contributed by atoms with Crippen molar-refractivity contribution in [3.63, 3.8) is 0 Å². The third-order valence-corrected chi connectivity index (χ3v) is 6.22. The largest absolute Gasteiger partial charge is 0.467 e. The number of rotatable bonds is 4. The molecule has 1 amide bonds. The number of nitrogens with zero attached hydrogens (tertiary/aromatic N) is 4. The third kappa shape index (κ3) is 4.48. The molecule has 0 atom stereocenters. The highest BCUT2D eigenvalue weighted by molar-refractivity contribution is 9.10. The second-order valence-corrected chi connectivity index (χ2v) is 9.88. The number of hydrogen-bond donors (Lipinski definition) is 0. The molecule has 0 radical (unpaired) electrons. The van der Waals surface area contributed by atoms with E-state index in [1.165, 1.54) is 0 Å². The van der Waals surface area contributed by atoms with Gasteiger partial charge in [-0.25, -0.2) is 9.78 Å². The maximum absolute atomic E-state index is 12.8. The van der Waals surface area contributed by atoms with Crippen LogP contribution in [0.3, 0.4) is 0 Å². The minimum atomic E-state index is -0.470. The summed E-state index contributed by atoms with van der Waals surface area (Å²) >= 11 is 3.59. The molecule has 2 heterocycles. The monoisotopic (exact) mass is 476 g/mol. The second-order valence-electron chi connectivity index (χ2n) is 9.02. The second kappa shape index (κ2) is 8.21. The van der Waals surface area contributed by atoms with Gasteiger partial charge in [-0.15, -0.1) is 0 Å². The van der Waals surface area contributed by atoms with Gasteiger partial charge in [-0.2, -0.15) is 4.98 Å². The third-order valence-electron chi connectivity index (χ3n) is 5.58. The Morgan fingerprint density at radius 2 is 1.83 bits per heavy atom. The number of halogens is 1. The maximum atomic E-state index is 12.8. The van der Waals surface area contributed by atoms with E-state index < -0.39 is 5.60 Å². The normalized spacial score (nSPS) is 17.8. The molecule has 162 valence electrons. The number of carbonyl (C=O) groups excluding carboxylic acids is 1. The van der Waals surface area contributed by atoms with Gasteiger partial charge >= 0.3 is 12.1 Å². The minimum Gasteiger partial charge on any atom is -0.467 e. The predicted octanol–water partition coefficient (Wildman–Crippen LogP) is 4.77. The standard InChI is InChI=1S/C22H29BrN4O3/c1-22(2,3)30-21(28)27(14-5-6-14)15-9-11-26(12-10-15)18-8-7-17(23)19-16(18)13-24-20(25-19)29-4/h7-8,13-15H,5-6,9-12H2,1-4H3. The number of amides is 1. The molecular formula is C22H29BrN4O3. The summed E-state index contributed by atoms with van der Waals surface area (Å²) in [5, 5.41) is 0.995. The molecule has 0 N–H and O–H groups in total. The summed E-state index contributed by atoms with van der Waals surface area (Å²) in [5.74, 6) is 0. The van der Waals surface area contributed by atoms with E-state index in [2.05, 4.69) is 36.9 Å². The van der Waals surface area contributed by atoms with Crippen molar-refractivity contribution in [3.05, 3.63) is 22.8 Å². The molecule has 1 saturated heterocycles. The Morgan fingerprint density at radius 1 is 1.17 bits per heavy atom. The number of carbonyl (C=O) groups is 1. The van der Waals surface area contributed by atoms with E-state index in [-0.39, 0.29) is 12.1 Å². The van der Waals surface area contributed by atoms with Crippen LogP contribution >= 0.6 is 15.9 Å². The Morgan fingerprint density at radius 3 is 2.43 bits per heavy atom. The average molecular weight is 477 g/mol. The van der Waals surface area contributed by atoms with Crippen molar-refractivity contribution in [1.82, 2.24) is 14.9 Å². The number of benzene rings is 1. The van der Waals surface area contributed by atoms with Crippen molar-refractivity contribution in [2.75, 3.05) is 25.1 Å². The summed E-state index contributed by atoms with van der Waals surface area (Å²) in [6.07, 6.45) is 5.66. The van der Waals surface area contributed by atoms with Crippen LogP contribution in [-0.2, 0) is 4.74 Å². The van der Waals surface area contributed by atoms with E-state index in [0.29, 0.717) is 12.1 Å². The van der Waals surface area contributed by atoms with Gasteiger partial charge < -0.3 is 19.3 Å². The summed E-state index contributed by atoms with van der Waals surface area (Å²) in [6, 6.07) is 5.05. The van der Waals surface area contributed by atoms with Crippen molar-refractivity contribution in [1.29, 1.82) is 0 Å². The van der Waals surface area contributed by atoms with Gasteiger partial charge in [-0.3, -0.25) is 0 Å². The lowest BCUT2D eigenvalue weighted by atomic mass is 10.0. The lowest BCUT2D eigenvalue weighted by Gasteiger charge is -2.40. The van der Waals surface area contributed by atoms with Crippen molar-refractivity contribution >= 4 is 38.6 Å². The SMILES string of the molecule is COc1ncc2c(N3CCC(N(C(=O)OC(C)(C)C)C4CC4)CC3)ccc(Br)c2n1. The first-order chi connectivity index (χ1) is 14.3. The highest BCUT2D eigenvalue weighted by atomic mass is 79.9. The van der Waals surface area contributed by atoms with Crippen molar-refractivity contribution in [2.45, 2.75) is 64.1 Å². The molecule has 8 heteroatoms. The van der Waals surface area contributed by atoms with Gasteiger partial charge in [0.15, 0.2) is 0 Å². The maximum Gasteiger partial charge on any atom is 0.410 e. The average Bonchev–Trinajstić information content (AvgIpc) is 3.53. The Kier molecular flexibility index (Phi) is 5.79. The van der Waals surface area contributed by atoms with E-state index >= 15 is 0 Å². The molecule has 0 bridgehead atoms. The van der Waals surface area contributed by atoms with Crippen LogP contribution in [0.25, 0.3) is 10.9 Å². The van der Waals surface area contributed by atoms with E-state index in [1.54, 1.807) is 7.11 Å². The van der Waals surface area contributed by atoms with Crippen molar-refractivity contribution in [2.24, 2.45) is 0 Å². The van der Waals surface area contributed by atoms with Gasteiger partial charge in [0.1, 0.15) is 5.60 Å². The summed E-state index contributed by atoms with van der Waals surface area (Å²) in [5.41, 5.74) is 1.49. The molecule has 30 heavy (non-hydrogen) atoms. The minimum absolute atomic E-state index is 0.168. The van der Waals surface area contributed by atoms with Crippen molar-refractivity contribution in [3.8, 4) is 6.01 Å². The molecule has 1 aromatic heterocycles. The molecule has 2 fully saturated rings. The van der Waals surface area contributed by atoms with Gasteiger partial charge in [0, 0.05) is 46.9 Å². The quantitative estimate of drug-likeness (QED) is 0.632. The van der Waals surface area contributed by atoms with Gasteiger partial charge in [0.2, 0.25) is 0 Å². The topological polar surface area (TPSA) is 67.8 Å². The highest BCUT2D eigenvalue weighted by Crippen LogP contribution is 2.36. The van der Waals surface area contributed by atoms with Gasteiger partial charge in [-0.05, 0) is 74.5 Å².